The van der Waals surface area contributed by atoms with Crippen LogP contribution >= 0.6 is 11.3 Å². The summed E-state index contributed by atoms with van der Waals surface area (Å²) in [6.07, 6.45) is 8.93. The minimum atomic E-state index is -1.11. The number of carboxylic acids is 1. The molecule has 1 fully saturated rings. The van der Waals surface area contributed by atoms with E-state index in [-0.39, 0.29) is 17.2 Å². The van der Waals surface area contributed by atoms with Crippen LogP contribution in [0.25, 0.3) is 21.3 Å². The molecule has 1 amide bonds. The van der Waals surface area contributed by atoms with Gasteiger partial charge in [0, 0.05) is 42.6 Å². The SMILES string of the molecule is COCCOC1(Cn2ncc(-c3ccc(N4CCc5cccc(C(=O)Nc6nc7ccccc7s6)c5C4)nc3C(=O)O)c2C)CCCCCC1. The molecule has 2 aliphatic rings. The molecule has 260 valence electrons. The summed E-state index contributed by atoms with van der Waals surface area (Å²) in [6.45, 7) is 4.69. The third-order valence-corrected chi connectivity index (χ3v) is 10.9. The van der Waals surface area contributed by atoms with E-state index >= 15 is 0 Å². The molecule has 1 aliphatic carbocycles. The summed E-state index contributed by atoms with van der Waals surface area (Å²) in [5, 5.41) is 18.6. The lowest BCUT2D eigenvalue weighted by Gasteiger charge is -2.33. The molecular formula is C38H42N6O5S. The number of methoxy groups -OCH3 is 1. The normalized spacial score (nSPS) is 15.8. The zero-order valence-electron chi connectivity index (χ0n) is 28.5. The van der Waals surface area contributed by atoms with Crippen molar-refractivity contribution in [1.29, 1.82) is 0 Å². The fraction of sp³-hybridized carbons (Fsp3) is 0.395. The molecule has 0 bridgehead atoms. The van der Waals surface area contributed by atoms with Gasteiger partial charge in [0.05, 0.1) is 41.8 Å². The Bertz CT molecular complexity index is 1980. The third kappa shape index (κ3) is 7.01. The molecule has 50 heavy (non-hydrogen) atoms. The van der Waals surface area contributed by atoms with Crippen molar-refractivity contribution in [3.05, 3.63) is 88.9 Å². The zero-order chi connectivity index (χ0) is 34.7. The summed E-state index contributed by atoms with van der Waals surface area (Å²) in [7, 11) is 1.68. The minimum Gasteiger partial charge on any atom is -0.476 e. The van der Waals surface area contributed by atoms with Gasteiger partial charge in [-0.2, -0.15) is 5.10 Å². The number of amides is 1. The summed E-state index contributed by atoms with van der Waals surface area (Å²) in [5.41, 5.74) is 5.17. The minimum absolute atomic E-state index is 0.0293. The van der Waals surface area contributed by atoms with Crippen LogP contribution in [0.1, 0.15) is 76.2 Å². The molecule has 1 aliphatic heterocycles. The van der Waals surface area contributed by atoms with Crippen LogP contribution in [0.2, 0.25) is 0 Å². The molecule has 4 heterocycles. The number of thiazole rings is 1. The van der Waals surface area contributed by atoms with Gasteiger partial charge in [0.1, 0.15) is 5.82 Å². The predicted molar refractivity (Wildman–Crippen MR) is 194 cm³/mol. The summed E-state index contributed by atoms with van der Waals surface area (Å²) in [6, 6.07) is 17.3. The van der Waals surface area contributed by atoms with Crippen LogP contribution in [-0.2, 0) is 29.0 Å². The maximum Gasteiger partial charge on any atom is 0.355 e. The molecule has 0 radical (unpaired) electrons. The molecule has 12 heteroatoms. The number of anilines is 2. The van der Waals surface area contributed by atoms with Gasteiger partial charge < -0.3 is 19.5 Å². The number of para-hydroxylation sites is 1. The molecule has 5 aromatic rings. The van der Waals surface area contributed by atoms with E-state index in [2.05, 4.69) is 10.3 Å². The lowest BCUT2D eigenvalue weighted by atomic mass is 9.93. The number of aromatic carboxylic acids is 1. The van der Waals surface area contributed by atoms with E-state index in [0.29, 0.717) is 61.3 Å². The van der Waals surface area contributed by atoms with Crippen molar-refractivity contribution in [3.8, 4) is 11.1 Å². The van der Waals surface area contributed by atoms with Crippen LogP contribution in [0.3, 0.4) is 0 Å². The second kappa shape index (κ2) is 14.7. The second-order valence-corrected chi connectivity index (χ2v) is 14.2. The first-order valence-electron chi connectivity index (χ1n) is 17.3. The number of hydrogen-bond acceptors (Lipinski definition) is 9. The highest BCUT2D eigenvalue weighted by molar-refractivity contribution is 7.22. The molecule has 2 N–H and O–H groups in total. The number of rotatable bonds is 11. The Morgan fingerprint density at radius 1 is 0.980 bits per heavy atom. The number of carbonyl (C=O) groups is 2. The molecule has 0 spiro atoms. The molecule has 3 aromatic heterocycles. The monoisotopic (exact) mass is 694 g/mol. The molecule has 1 saturated carbocycles. The zero-order valence-corrected chi connectivity index (χ0v) is 29.3. The van der Waals surface area contributed by atoms with Crippen LogP contribution < -0.4 is 10.2 Å². The summed E-state index contributed by atoms with van der Waals surface area (Å²) in [4.78, 5) is 37.5. The quantitative estimate of drug-likeness (QED) is 0.109. The molecule has 0 unspecified atom stereocenters. The molecular weight excluding hydrogens is 653 g/mol. The molecule has 2 aromatic carbocycles. The van der Waals surface area contributed by atoms with Crippen molar-refractivity contribution in [2.45, 2.75) is 70.6 Å². The molecule has 0 atom stereocenters. The lowest BCUT2D eigenvalue weighted by Crippen LogP contribution is -2.38. The standard InChI is InChI=1S/C38H42N6O5S/c1-25-29(22-39-44(25)24-38(49-21-20-48-2)17-7-3-4-8-18-38)27-14-15-33(41-34(27)36(46)47)43-19-16-26-10-9-11-28(30(26)23-43)35(45)42-37-40-31-12-5-6-13-32(31)50-37/h5-6,9-15,22H,3-4,7-8,16-21,23-24H2,1-2H3,(H,46,47)(H,40,42,45). The fourth-order valence-corrected chi connectivity index (χ4v) is 8.15. The van der Waals surface area contributed by atoms with Gasteiger partial charge in [0.15, 0.2) is 10.8 Å². The number of nitrogens with one attached hydrogen (secondary N) is 1. The number of fused-ring (bicyclic) bond motifs is 2. The summed E-state index contributed by atoms with van der Waals surface area (Å²) >= 11 is 1.44. The van der Waals surface area contributed by atoms with Gasteiger partial charge in [0.2, 0.25) is 0 Å². The van der Waals surface area contributed by atoms with Gasteiger partial charge in [0.25, 0.3) is 5.91 Å². The topological polar surface area (TPSA) is 132 Å². The van der Waals surface area contributed by atoms with Gasteiger partial charge >= 0.3 is 5.97 Å². The lowest BCUT2D eigenvalue weighted by molar-refractivity contribution is -0.0842. The van der Waals surface area contributed by atoms with Gasteiger partial charge in [-0.15, -0.1) is 0 Å². The van der Waals surface area contributed by atoms with Gasteiger partial charge in [-0.1, -0.05) is 61.3 Å². The Hall–Kier alpha value is -4.65. The Labute approximate surface area is 295 Å². The maximum atomic E-state index is 13.5. The van der Waals surface area contributed by atoms with E-state index in [1.54, 1.807) is 13.3 Å². The number of carbonyl (C=O) groups excluding carboxylic acids is 1. The van der Waals surface area contributed by atoms with Crippen molar-refractivity contribution < 1.29 is 24.2 Å². The third-order valence-electron chi connectivity index (χ3n) is 9.98. The first-order chi connectivity index (χ1) is 24.3. The number of hydrogen-bond donors (Lipinski definition) is 2. The number of carboxylic acid groups (broad SMARTS) is 1. The fourth-order valence-electron chi connectivity index (χ4n) is 7.29. The maximum absolute atomic E-state index is 13.5. The number of ether oxygens (including phenoxy) is 2. The Morgan fingerprint density at radius 2 is 1.80 bits per heavy atom. The highest BCUT2D eigenvalue weighted by atomic mass is 32.1. The summed E-state index contributed by atoms with van der Waals surface area (Å²) in [5.74, 6) is -0.780. The average molecular weight is 695 g/mol. The van der Waals surface area contributed by atoms with Gasteiger partial charge in [-0.05, 0) is 67.6 Å². The number of benzene rings is 2. The highest BCUT2D eigenvalue weighted by Crippen LogP contribution is 2.35. The average Bonchev–Trinajstić information content (AvgIpc) is 3.61. The van der Waals surface area contributed by atoms with Crippen molar-refractivity contribution in [2.75, 3.05) is 37.1 Å². The molecule has 7 rings (SSSR count). The van der Waals surface area contributed by atoms with E-state index in [1.165, 1.54) is 24.2 Å². The van der Waals surface area contributed by atoms with E-state index in [4.69, 9.17) is 19.6 Å². The van der Waals surface area contributed by atoms with Gasteiger partial charge in [-0.25, -0.2) is 14.8 Å². The van der Waals surface area contributed by atoms with Crippen LogP contribution in [0.4, 0.5) is 10.9 Å². The predicted octanol–water partition coefficient (Wildman–Crippen LogP) is 7.13. The number of aromatic nitrogens is 4. The van der Waals surface area contributed by atoms with Crippen LogP contribution in [0, 0.1) is 6.92 Å². The first-order valence-corrected chi connectivity index (χ1v) is 18.1. The molecule has 0 saturated heterocycles. The number of nitrogens with zero attached hydrogens (tertiary/aromatic N) is 5. The van der Waals surface area contributed by atoms with Crippen molar-refractivity contribution in [2.24, 2.45) is 0 Å². The van der Waals surface area contributed by atoms with Crippen molar-refractivity contribution in [1.82, 2.24) is 19.7 Å². The van der Waals surface area contributed by atoms with E-state index in [9.17, 15) is 14.7 Å². The second-order valence-electron chi connectivity index (χ2n) is 13.2. The molecule has 11 nitrogen and oxygen atoms in total. The highest BCUT2D eigenvalue weighted by Gasteiger charge is 2.34. The van der Waals surface area contributed by atoms with Crippen LogP contribution in [-0.4, -0.2) is 69.2 Å². The smallest absolute Gasteiger partial charge is 0.355 e. The van der Waals surface area contributed by atoms with Crippen LogP contribution in [0.5, 0.6) is 0 Å². The van der Waals surface area contributed by atoms with E-state index < -0.39 is 5.97 Å². The van der Waals surface area contributed by atoms with Gasteiger partial charge in [-0.3, -0.25) is 14.8 Å². The Balaban J connectivity index is 1.13. The van der Waals surface area contributed by atoms with Crippen molar-refractivity contribution >= 4 is 44.4 Å². The Kier molecular flexibility index (Phi) is 9.93. The van der Waals surface area contributed by atoms with E-state index in [1.807, 2.05) is 71.1 Å². The number of pyridine rings is 1. The summed E-state index contributed by atoms with van der Waals surface area (Å²) < 4.78 is 14.7. The van der Waals surface area contributed by atoms with Crippen molar-refractivity contribution in [3.63, 3.8) is 0 Å². The largest absolute Gasteiger partial charge is 0.476 e. The Morgan fingerprint density at radius 3 is 2.58 bits per heavy atom. The van der Waals surface area contributed by atoms with Crippen LogP contribution in [0.15, 0.2) is 60.8 Å². The van der Waals surface area contributed by atoms with E-state index in [0.717, 1.165) is 58.3 Å². The first kappa shape index (κ1) is 33.8.